The molecule has 0 unspecified atom stereocenters. The van der Waals surface area contributed by atoms with Crippen LogP contribution in [0.5, 0.6) is 5.75 Å². The fourth-order valence-electron chi connectivity index (χ4n) is 4.29. The van der Waals surface area contributed by atoms with Gasteiger partial charge in [-0.2, -0.15) is 4.31 Å². The molecule has 0 radical (unpaired) electrons. The smallest absolute Gasteiger partial charge is 0.243 e. The summed E-state index contributed by atoms with van der Waals surface area (Å²) in [5, 5.41) is 18.5. The van der Waals surface area contributed by atoms with Crippen molar-refractivity contribution in [3.8, 4) is 5.75 Å². The van der Waals surface area contributed by atoms with Gasteiger partial charge < -0.3 is 19.6 Å². The average Bonchev–Trinajstić information content (AvgIpc) is 2.75. The number of amides is 1. The number of fused-ring (bicyclic) bond motifs is 1. The molecule has 0 atom stereocenters. The number of nitrogens with zero attached hydrogens (tertiary/aromatic N) is 3. The number of rotatable bonds is 4. The van der Waals surface area contributed by atoms with Crippen molar-refractivity contribution in [3.63, 3.8) is 0 Å². The van der Waals surface area contributed by atoms with Gasteiger partial charge in [-0.05, 0) is 31.9 Å². The second-order valence-electron chi connectivity index (χ2n) is 8.65. The Kier molecular flexibility index (Phi) is 6.43. The maximum Gasteiger partial charge on any atom is 0.243 e. The summed E-state index contributed by atoms with van der Waals surface area (Å²) >= 11 is 5.75. The zero-order valence-electron chi connectivity index (χ0n) is 18.2. The van der Waals surface area contributed by atoms with E-state index in [1.54, 1.807) is 6.92 Å². The predicted molar refractivity (Wildman–Crippen MR) is 121 cm³/mol. The van der Waals surface area contributed by atoms with Crippen LogP contribution in [0.3, 0.4) is 0 Å². The Bertz CT molecular complexity index is 1120. The molecule has 180 valence electrons. The van der Waals surface area contributed by atoms with Crippen molar-refractivity contribution < 1.29 is 27.4 Å². The van der Waals surface area contributed by atoms with Crippen molar-refractivity contribution >= 4 is 39.4 Å². The summed E-state index contributed by atoms with van der Waals surface area (Å²) < 4.78 is 46.6. The van der Waals surface area contributed by atoms with Crippen molar-refractivity contribution in [1.29, 1.82) is 5.41 Å². The number of aliphatic hydroxyl groups is 1. The summed E-state index contributed by atoms with van der Waals surface area (Å²) in [4.78, 5) is 16.1. The molecule has 2 saturated heterocycles. The van der Waals surface area contributed by atoms with E-state index < -0.39 is 21.4 Å². The summed E-state index contributed by atoms with van der Waals surface area (Å²) in [5.41, 5.74) is -0.794. The van der Waals surface area contributed by atoms with Gasteiger partial charge in [-0.1, -0.05) is 11.6 Å². The summed E-state index contributed by atoms with van der Waals surface area (Å²) in [7, 11) is -4.00. The van der Waals surface area contributed by atoms with Crippen LogP contribution in [0.15, 0.2) is 17.0 Å². The number of nitrogens with one attached hydrogen (secondary N) is 1. The highest BCUT2D eigenvalue weighted by Crippen LogP contribution is 2.33. The van der Waals surface area contributed by atoms with Gasteiger partial charge in [0.25, 0.3) is 0 Å². The molecule has 9 nitrogen and oxygen atoms in total. The van der Waals surface area contributed by atoms with Crippen molar-refractivity contribution in [2.75, 3.05) is 45.9 Å². The lowest BCUT2D eigenvalue weighted by atomic mass is 9.90. The monoisotopic (exact) mass is 500 g/mol. The number of hydrogen-bond donors (Lipinski definition) is 2. The molecule has 0 saturated carbocycles. The number of sulfonamides is 1. The first-order valence-electron chi connectivity index (χ1n) is 10.6. The van der Waals surface area contributed by atoms with E-state index in [1.807, 2.05) is 4.90 Å². The molecule has 2 fully saturated rings. The normalized spacial score (nSPS) is 21.3. The second kappa shape index (κ2) is 8.86. The molecule has 3 aliphatic heterocycles. The third-order valence-electron chi connectivity index (χ3n) is 6.35. The first kappa shape index (κ1) is 23.9. The van der Waals surface area contributed by atoms with Crippen LogP contribution in [0, 0.1) is 11.2 Å². The topological polar surface area (TPSA) is 114 Å². The lowest BCUT2D eigenvalue weighted by Crippen LogP contribution is -2.58. The van der Waals surface area contributed by atoms with Crippen molar-refractivity contribution in [2.45, 2.75) is 25.4 Å². The Labute approximate surface area is 196 Å². The van der Waals surface area contributed by atoms with Crippen LogP contribution >= 0.6 is 11.6 Å². The van der Waals surface area contributed by atoms with E-state index in [-0.39, 0.29) is 54.2 Å². The van der Waals surface area contributed by atoms with Gasteiger partial charge in [-0.3, -0.25) is 10.2 Å². The van der Waals surface area contributed by atoms with Crippen LogP contribution in [-0.2, 0) is 14.8 Å². The Balaban J connectivity index is 1.42. The molecule has 4 rings (SSSR count). The van der Waals surface area contributed by atoms with E-state index in [2.05, 4.69) is 0 Å². The highest BCUT2D eigenvalue weighted by atomic mass is 35.5. The molecule has 3 heterocycles. The Morgan fingerprint density at radius 3 is 2.61 bits per heavy atom. The Hall–Kier alpha value is -2.21. The molecule has 3 aliphatic rings. The molecule has 1 aromatic rings. The number of hydrogen-bond acceptors (Lipinski definition) is 6. The van der Waals surface area contributed by atoms with Gasteiger partial charge >= 0.3 is 0 Å². The van der Waals surface area contributed by atoms with Crippen LogP contribution in [0.1, 0.15) is 25.3 Å². The fraction of sp³-hybridized carbons (Fsp3) is 0.524. The van der Waals surface area contributed by atoms with Gasteiger partial charge in [0.2, 0.25) is 15.9 Å². The predicted octanol–water partition coefficient (Wildman–Crippen LogP) is 1.51. The molecule has 0 bridgehead atoms. The van der Waals surface area contributed by atoms with Gasteiger partial charge in [0.15, 0.2) is 0 Å². The Morgan fingerprint density at radius 2 is 1.97 bits per heavy atom. The number of ether oxygens (including phenoxy) is 1. The SMILES string of the molecule is CC(=N)N1CCC(O)(CN2CCN(S(=O)(=O)C3=Cc4cc(F)c(Cl)cc4OC3)CC2=O)CC1. The minimum Gasteiger partial charge on any atom is -0.487 e. The van der Waals surface area contributed by atoms with Crippen LogP contribution in [-0.4, -0.2) is 90.8 Å². The third-order valence-corrected chi connectivity index (χ3v) is 8.53. The zero-order chi connectivity index (χ0) is 24.0. The van der Waals surface area contributed by atoms with E-state index in [4.69, 9.17) is 21.7 Å². The molecule has 1 aromatic carbocycles. The van der Waals surface area contributed by atoms with Gasteiger partial charge in [0.05, 0.1) is 27.9 Å². The van der Waals surface area contributed by atoms with Gasteiger partial charge in [0.1, 0.15) is 18.2 Å². The molecule has 2 N–H and O–H groups in total. The summed E-state index contributed by atoms with van der Waals surface area (Å²) in [6, 6.07) is 2.41. The van der Waals surface area contributed by atoms with E-state index in [0.29, 0.717) is 37.5 Å². The van der Waals surface area contributed by atoms with Crippen molar-refractivity contribution in [3.05, 3.63) is 33.4 Å². The van der Waals surface area contributed by atoms with Crippen LogP contribution < -0.4 is 4.74 Å². The number of β-amino-alcohol motifs (C(OH)–C–C–N with tert-alkyl or cyclic N) is 1. The highest BCUT2D eigenvalue weighted by Gasteiger charge is 2.40. The van der Waals surface area contributed by atoms with Crippen LogP contribution in [0.25, 0.3) is 6.08 Å². The number of likely N-dealkylation sites (tertiary alicyclic amines) is 1. The molecule has 1 amide bonds. The molecular weight excluding hydrogens is 475 g/mol. The highest BCUT2D eigenvalue weighted by molar-refractivity contribution is 7.93. The molecule has 0 aliphatic carbocycles. The third kappa shape index (κ3) is 4.86. The van der Waals surface area contributed by atoms with E-state index in [0.717, 1.165) is 10.4 Å². The lowest BCUT2D eigenvalue weighted by Gasteiger charge is -2.43. The zero-order valence-corrected chi connectivity index (χ0v) is 19.8. The summed E-state index contributed by atoms with van der Waals surface area (Å²) in [5.74, 6) is -0.336. The minimum atomic E-state index is -4.00. The van der Waals surface area contributed by atoms with Gasteiger partial charge in [-0.15, -0.1) is 0 Å². The molecular formula is C21H26ClFN4O5S. The van der Waals surface area contributed by atoms with Crippen LogP contribution in [0.4, 0.5) is 4.39 Å². The largest absolute Gasteiger partial charge is 0.487 e. The number of piperidine rings is 1. The average molecular weight is 501 g/mol. The number of carbonyl (C=O) groups is 1. The first-order chi connectivity index (χ1) is 15.5. The molecule has 12 heteroatoms. The van der Waals surface area contributed by atoms with E-state index in [1.165, 1.54) is 17.0 Å². The summed E-state index contributed by atoms with van der Waals surface area (Å²) in [6.45, 7) is 2.55. The standard InChI is InChI=1S/C21H26ClFN4O5S/c1-14(24)25-4-2-21(29,3-5-25)13-26-6-7-27(11-20(26)28)33(30,31)16-8-15-9-18(23)17(22)10-19(15)32-12-16/h8-10,24,29H,2-7,11-13H2,1H3. The van der Waals surface area contributed by atoms with E-state index in [9.17, 15) is 22.7 Å². The number of carbonyl (C=O) groups excluding carboxylic acids is 1. The maximum absolute atomic E-state index is 13.8. The van der Waals surface area contributed by atoms with Crippen molar-refractivity contribution in [1.82, 2.24) is 14.1 Å². The van der Waals surface area contributed by atoms with Crippen molar-refractivity contribution in [2.24, 2.45) is 0 Å². The number of benzene rings is 1. The van der Waals surface area contributed by atoms with E-state index >= 15 is 0 Å². The fourth-order valence-corrected chi connectivity index (χ4v) is 5.86. The number of piperazine rings is 1. The Morgan fingerprint density at radius 1 is 1.27 bits per heavy atom. The first-order valence-corrected chi connectivity index (χ1v) is 12.4. The summed E-state index contributed by atoms with van der Waals surface area (Å²) in [6.07, 6.45) is 2.20. The molecule has 33 heavy (non-hydrogen) atoms. The number of halogens is 2. The molecule has 0 aromatic heterocycles. The molecule has 0 spiro atoms. The van der Waals surface area contributed by atoms with Crippen LogP contribution in [0.2, 0.25) is 5.02 Å². The number of amidine groups is 1. The minimum absolute atomic E-state index is 0.0639. The van der Waals surface area contributed by atoms with Gasteiger partial charge in [0, 0.05) is 44.4 Å². The quantitative estimate of drug-likeness (QED) is 0.478. The van der Waals surface area contributed by atoms with Gasteiger partial charge in [-0.25, -0.2) is 12.8 Å². The lowest BCUT2D eigenvalue weighted by molar-refractivity contribution is -0.139. The second-order valence-corrected chi connectivity index (χ2v) is 11.1. The maximum atomic E-state index is 13.8.